The molecule has 2 aromatic heterocycles. The summed E-state index contributed by atoms with van der Waals surface area (Å²) < 4.78 is 66.7. The summed E-state index contributed by atoms with van der Waals surface area (Å²) in [5, 5.41) is 0. The average molecular weight is 438 g/mol. The molecule has 1 N–H and O–H groups in total. The number of sulfonamides is 1. The van der Waals surface area contributed by atoms with E-state index in [0.717, 1.165) is 30.7 Å². The van der Waals surface area contributed by atoms with Gasteiger partial charge in [-0.15, -0.1) is 0 Å². The highest BCUT2D eigenvalue weighted by atomic mass is 32.2. The molecule has 30 heavy (non-hydrogen) atoms. The molecule has 1 aliphatic rings. The van der Waals surface area contributed by atoms with Gasteiger partial charge in [0.25, 0.3) is 0 Å². The van der Waals surface area contributed by atoms with Crippen molar-refractivity contribution in [2.45, 2.75) is 24.9 Å². The standard InChI is InChI=1S/C20H21F3N4O2S/c1-30(28,29)25-17-4-2-14(3-5-17)15-6-8-26(9-7-15)19-11-16(20(21,22)23)10-18-12-24-13-27(18)19/h2-5,10-13,15,25H,6-9H2,1H3. The van der Waals surface area contributed by atoms with Crippen molar-refractivity contribution in [2.75, 3.05) is 29.0 Å². The van der Waals surface area contributed by atoms with Crippen molar-refractivity contribution in [1.82, 2.24) is 9.38 Å². The molecule has 0 bridgehead atoms. The first-order valence-corrected chi connectivity index (χ1v) is 11.4. The predicted molar refractivity (Wildman–Crippen MR) is 109 cm³/mol. The fourth-order valence-corrected chi connectivity index (χ4v) is 4.46. The van der Waals surface area contributed by atoms with Crippen LogP contribution in [-0.4, -0.2) is 37.1 Å². The number of benzene rings is 1. The van der Waals surface area contributed by atoms with Gasteiger partial charge in [0, 0.05) is 18.8 Å². The van der Waals surface area contributed by atoms with Crippen LogP contribution in [0.4, 0.5) is 24.7 Å². The number of imidazole rings is 1. The Morgan fingerprint density at radius 2 is 1.77 bits per heavy atom. The number of piperidine rings is 1. The van der Waals surface area contributed by atoms with Crippen LogP contribution in [0, 0.1) is 0 Å². The molecule has 0 saturated carbocycles. The lowest BCUT2D eigenvalue weighted by Gasteiger charge is -2.34. The first-order valence-electron chi connectivity index (χ1n) is 9.46. The van der Waals surface area contributed by atoms with E-state index in [2.05, 4.69) is 9.71 Å². The zero-order chi connectivity index (χ0) is 21.5. The zero-order valence-electron chi connectivity index (χ0n) is 16.2. The van der Waals surface area contributed by atoms with Gasteiger partial charge in [-0.1, -0.05) is 12.1 Å². The van der Waals surface area contributed by atoms with Gasteiger partial charge in [0.1, 0.15) is 12.1 Å². The Morgan fingerprint density at radius 3 is 2.37 bits per heavy atom. The summed E-state index contributed by atoms with van der Waals surface area (Å²) in [6.45, 7) is 1.23. The van der Waals surface area contributed by atoms with Crippen molar-refractivity contribution in [3.63, 3.8) is 0 Å². The molecule has 1 aliphatic heterocycles. The Bertz CT molecular complexity index is 1150. The van der Waals surface area contributed by atoms with Crippen LogP contribution in [0.15, 0.2) is 48.9 Å². The molecule has 3 heterocycles. The van der Waals surface area contributed by atoms with Crippen LogP contribution in [0.5, 0.6) is 0 Å². The molecule has 6 nitrogen and oxygen atoms in total. The maximum absolute atomic E-state index is 13.3. The van der Waals surface area contributed by atoms with Crippen LogP contribution < -0.4 is 9.62 Å². The molecule has 1 fully saturated rings. The maximum Gasteiger partial charge on any atom is 0.416 e. The molecule has 4 rings (SSSR count). The average Bonchev–Trinajstić information content (AvgIpc) is 3.15. The van der Waals surface area contributed by atoms with Crippen molar-refractivity contribution in [1.29, 1.82) is 0 Å². The molecule has 160 valence electrons. The van der Waals surface area contributed by atoms with Crippen LogP contribution in [-0.2, 0) is 16.2 Å². The number of alkyl halides is 3. The SMILES string of the molecule is CS(=O)(=O)Nc1ccc(C2CCN(c3cc(C(F)(F)F)cc4cncn34)CC2)cc1. The van der Waals surface area contributed by atoms with Gasteiger partial charge in [-0.25, -0.2) is 13.4 Å². The fraction of sp³-hybridized carbons (Fsp3) is 0.350. The van der Waals surface area contributed by atoms with Crippen molar-refractivity contribution < 1.29 is 21.6 Å². The lowest BCUT2D eigenvalue weighted by atomic mass is 9.89. The molecule has 0 spiro atoms. The molecular weight excluding hydrogens is 417 g/mol. The maximum atomic E-state index is 13.3. The van der Waals surface area contributed by atoms with E-state index in [0.29, 0.717) is 30.1 Å². The lowest BCUT2D eigenvalue weighted by Crippen LogP contribution is -2.34. The number of nitrogens with one attached hydrogen (secondary N) is 1. The van der Waals surface area contributed by atoms with E-state index < -0.39 is 21.8 Å². The quantitative estimate of drug-likeness (QED) is 0.666. The second kappa shape index (κ2) is 7.50. The smallest absolute Gasteiger partial charge is 0.358 e. The molecule has 0 aliphatic carbocycles. The van der Waals surface area contributed by atoms with Gasteiger partial charge < -0.3 is 4.90 Å². The number of nitrogens with zero attached hydrogens (tertiary/aromatic N) is 3. The highest BCUT2D eigenvalue weighted by Gasteiger charge is 2.33. The predicted octanol–water partition coefficient (Wildman–Crippen LogP) is 4.11. The van der Waals surface area contributed by atoms with E-state index in [9.17, 15) is 21.6 Å². The van der Waals surface area contributed by atoms with Gasteiger partial charge in [-0.05, 0) is 48.6 Å². The van der Waals surface area contributed by atoms with E-state index >= 15 is 0 Å². The largest absolute Gasteiger partial charge is 0.416 e. The number of fused-ring (bicyclic) bond motifs is 1. The van der Waals surface area contributed by atoms with Crippen LogP contribution in [0.25, 0.3) is 5.52 Å². The van der Waals surface area contributed by atoms with E-state index in [1.54, 1.807) is 16.5 Å². The summed E-state index contributed by atoms with van der Waals surface area (Å²) >= 11 is 0. The lowest BCUT2D eigenvalue weighted by molar-refractivity contribution is -0.137. The van der Waals surface area contributed by atoms with E-state index in [1.165, 1.54) is 18.6 Å². The molecule has 3 aromatic rings. The number of hydrogen-bond acceptors (Lipinski definition) is 4. The fourth-order valence-electron chi connectivity index (χ4n) is 3.90. The number of halogens is 3. The normalized spacial score (nSPS) is 16.2. The third-order valence-electron chi connectivity index (χ3n) is 5.33. The molecule has 0 atom stereocenters. The Balaban J connectivity index is 1.51. The van der Waals surface area contributed by atoms with Crippen LogP contribution in [0.1, 0.15) is 29.9 Å². The minimum absolute atomic E-state index is 0.262. The highest BCUT2D eigenvalue weighted by Crippen LogP contribution is 2.36. The molecule has 0 amide bonds. The van der Waals surface area contributed by atoms with E-state index in [4.69, 9.17) is 0 Å². The first-order chi connectivity index (χ1) is 14.1. The Labute approximate surface area is 172 Å². The Hall–Kier alpha value is -2.75. The monoisotopic (exact) mass is 438 g/mol. The molecule has 10 heteroatoms. The van der Waals surface area contributed by atoms with Gasteiger partial charge in [0.05, 0.1) is 23.5 Å². The summed E-state index contributed by atoms with van der Waals surface area (Å²) in [6, 6.07) is 9.53. The first kappa shape index (κ1) is 20.5. The van der Waals surface area contributed by atoms with Gasteiger partial charge in [0.15, 0.2) is 0 Å². The Morgan fingerprint density at radius 1 is 1.10 bits per heavy atom. The number of rotatable bonds is 4. The minimum atomic E-state index is -4.42. The van der Waals surface area contributed by atoms with Crippen molar-refractivity contribution >= 4 is 27.0 Å². The third kappa shape index (κ3) is 4.38. The minimum Gasteiger partial charge on any atom is -0.358 e. The highest BCUT2D eigenvalue weighted by molar-refractivity contribution is 7.92. The molecule has 0 radical (unpaired) electrons. The van der Waals surface area contributed by atoms with Crippen molar-refractivity contribution in [3.8, 4) is 0 Å². The number of pyridine rings is 1. The summed E-state index contributed by atoms with van der Waals surface area (Å²) in [6.07, 6.45) is 1.21. The zero-order valence-corrected chi connectivity index (χ0v) is 17.0. The van der Waals surface area contributed by atoms with Crippen molar-refractivity contribution in [2.24, 2.45) is 0 Å². The van der Waals surface area contributed by atoms with Crippen LogP contribution in [0.3, 0.4) is 0 Å². The molecular formula is C20H21F3N4O2S. The van der Waals surface area contributed by atoms with Crippen molar-refractivity contribution in [3.05, 3.63) is 60.0 Å². The van der Waals surface area contributed by atoms with Gasteiger partial charge in [-0.3, -0.25) is 9.12 Å². The van der Waals surface area contributed by atoms with E-state index in [-0.39, 0.29) is 5.92 Å². The Kier molecular flexibility index (Phi) is 5.13. The van der Waals surface area contributed by atoms with Gasteiger partial charge in [-0.2, -0.15) is 13.2 Å². The van der Waals surface area contributed by atoms with Gasteiger partial charge in [0.2, 0.25) is 10.0 Å². The number of anilines is 2. The second-order valence-corrected chi connectivity index (χ2v) is 9.29. The summed E-state index contributed by atoms with van der Waals surface area (Å²) in [5.41, 5.74) is 1.33. The third-order valence-corrected chi connectivity index (χ3v) is 5.94. The second-order valence-electron chi connectivity index (χ2n) is 7.55. The molecule has 0 unspecified atom stereocenters. The molecule has 1 aromatic carbocycles. The van der Waals surface area contributed by atoms with E-state index in [1.807, 2.05) is 17.0 Å². The molecule has 1 saturated heterocycles. The summed E-state index contributed by atoms with van der Waals surface area (Å²) in [4.78, 5) is 5.95. The van der Waals surface area contributed by atoms with Crippen LogP contribution >= 0.6 is 0 Å². The summed E-state index contributed by atoms with van der Waals surface area (Å²) in [7, 11) is -3.32. The number of hydrogen-bond donors (Lipinski definition) is 1. The summed E-state index contributed by atoms with van der Waals surface area (Å²) in [5.74, 6) is 0.751. The van der Waals surface area contributed by atoms with Gasteiger partial charge >= 0.3 is 6.18 Å². The number of aromatic nitrogens is 2. The topological polar surface area (TPSA) is 66.7 Å². The van der Waals surface area contributed by atoms with Crippen LogP contribution in [0.2, 0.25) is 0 Å².